The van der Waals surface area contributed by atoms with E-state index in [1.165, 1.54) is 11.8 Å². The van der Waals surface area contributed by atoms with Gasteiger partial charge in [0, 0.05) is 21.8 Å². The zero-order chi connectivity index (χ0) is 22.4. The van der Waals surface area contributed by atoms with E-state index in [0.29, 0.717) is 17.0 Å². The summed E-state index contributed by atoms with van der Waals surface area (Å²) in [6, 6.07) is 20.4. The number of ether oxygens (including phenoxy) is 1. The van der Waals surface area contributed by atoms with Gasteiger partial charge < -0.3 is 15.4 Å². The molecule has 0 aliphatic carbocycles. The van der Waals surface area contributed by atoms with Crippen LogP contribution in [0.25, 0.3) is 0 Å². The molecule has 160 valence electrons. The van der Waals surface area contributed by atoms with Gasteiger partial charge in [0.1, 0.15) is 5.75 Å². The fourth-order valence-electron chi connectivity index (χ4n) is 2.95. The van der Waals surface area contributed by atoms with Crippen LogP contribution >= 0.6 is 11.8 Å². The van der Waals surface area contributed by atoms with Crippen molar-refractivity contribution in [3.05, 3.63) is 83.4 Å². The number of nitrogens with one attached hydrogen (secondary N) is 2. The Morgan fingerprint density at radius 1 is 0.935 bits per heavy atom. The van der Waals surface area contributed by atoms with Crippen LogP contribution < -0.4 is 15.4 Å². The third-order valence-electron chi connectivity index (χ3n) is 4.78. The fourth-order valence-corrected chi connectivity index (χ4v) is 3.81. The Hall–Kier alpha value is -3.25. The van der Waals surface area contributed by atoms with E-state index in [0.717, 1.165) is 21.7 Å². The average molecular weight is 435 g/mol. The lowest BCUT2D eigenvalue weighted by Gasteiger charge is -2.14. The molecule has 1 unspecified atom stereocenters. The van der Waals surface area contributed by atoms with Gasteiger partial charge in [0.05, 0.1) is 12.4 Å². The number of hydrogen-bond acceptors (Lipinski definition) is 4. The Morgan fingerprint density at radius 2 is 1.68 bits per heavy atom. The molecule has 0 saturated heterocycles. The zero-order valence-corrected chi connectivity index (χ0v) is 18.9. The lowest BCUT2D eigenvalue weighted by atomic mass is 10.1. The van der Waals surface area contributed by atoms with Crippen LogP contribution in [0.2, 0.25) is 0 Å². The van der Waals surface area contributed by atoms with Crippen molar-refractivity contribution in [1.82, 2.24) is 0 Å². The number of thioether (sulfide) groups is 1. The number of rotatable bonds is 7. The molecule has 2 amide bonds. The minimum absolute atomic E-state index is 0.0471. The molecule has 5 nitrogen and oxygen atoms in total. The van der Waals surface area contributed by atoms with Crippen molar-refractivity contribution in [1.29, 1.82) is 0 Å². The Balaban J connectivity index is 1.58. The number of hydrogen-bond donors (Lipinski definition) is 2. The molecule has 3 rings (SSSR count). The first-order chi connectivity index (χ1) is 14.9. The Bertz CT molecular complexity index is 1080. The molecule has 1 atom stereocenters. The molecule has 6 heteroatoms. The first-order valence-electron chi connectivity index (χ1n) is 9.96. The van der Waals surface area contributed by atoms with Crippen LogP contribution in [-0.4, -0.2) is 24.2 Å². The number of aryl methyl sites for hydroxylation is 2. The van der Waals surface area contributed by atoms with Gasteiger partial charge in [0.25, 0.3) is 5.91 Å². The molecule has 31 heavy (non-hydrogen) atoms. The van der Waals surface area contributed by atoms with E-state index in [2.05, 4.69) is 10.6 Å². The smallest absolute Gasteiger partial charge is 0.255 e. The summed E-state index contributed by atoms with van der Waals surface area (Å²) in [6.45, 7) is 5.86. The van der Waals surface area contributed by atoms with Gasteiger partial charge in [-0.25, -0.2) is 0 Å². The van der Waals surface area contributed by atoms with Gasteiger partial charge in [0.15, 0.2) is 0 Å². The second-order valence-corrected chi connectivity index (χ2v) is 8.69. The molecular formula is C25H26N2O3S. The summed E-state index contributed by atoms with van der Waals surface area (Å²) in [6.07, 6.45) is 0. The molecule has 0 heterocycles. The lowest BCUT2D eigenvalue weighted by Crippen LogP contribution is -2.22. The molecule has 0 aliphatic rings. The van der Waals surface area contributed by atoms with E-state index in [9.17, 15) is 9.59 Å². The third kappa shape index (κ3) is 6.12. The van der Waals surface area contributed by atoms with Crippen LogP contribution in [0, 0.1) is 13.8 Å². The Morgan fingerprint density at radius 3 is 2.39 bits per heavy atom. The molecule has 0 aromatic heterocycles. The van der Waals surface area contributed by atoms with E-state index in [-0.39, 0.29) is 17.1 Å². The highest BCUT2D eigenvalue weighted by Gasteiger charge is 2.16. The molecular weight excluding hydrogens is 408 g/mol. The van der Waals surface area contributed by atoms with Crippen LogP contribution in [0.3, 0.4) is 0 Å². The quantitative estimate of drug-likeness (QED) is 0.469. The van der Waals surface area contributed by atoms with Gasteiger partial charge >= 0.3 is 0 Å². The summed E-state index contributed by atoms with van der Waals surface area (Å²) in [4.78, 5) is 26.0. The summed E-state index contributed by atoms with van der Waals surface area (Å²) in [5.41, 5.74) is 4.19. The molecule has 3 aromatic rings. The van der Waals surface area contributed by atoms with Crippen molar-refractivity contribution in [3.8, 4) is 5.75 Å². The number of amides is 2. The molecule has 2 N–H and O–H groups in total. The lowest BCUT2D eigenvalue weighted by molar-refractivity contribution is -0.115. The number of benzene rings is 3. The van der Waals surface area contributed by atoms with Crippen LogP contribution in [0.4, 0.5) is 11.4 Å². The van der Waals surface area contributed by atoms with Crippen molar-refractivity contribution < 1.29 is 14.3 Å². The van der Waals surface area contributed by atoms with E-state index in [1.807, 2.05) is 63.2 Å². The highest BCUT2D eigenvalue weighted by Crippen LogP contribution is 2.26. The first kappa shape index (κ1) is 22.4. The summed E-state index contributed by atoms with van der Waals surface area (Å²) in [5.74, 6) is 0.377. The van der Waals surface area contributed by atoms with Crippen molar-refractivity contribution in [2.24, 2.45) is 0 Å². The van der Waals surface area contributed by atoms with Crippen LogP contribution in [-0.2, 0) is 4.79 Å². The number of methoxy groups -OCH3 is 1. The van der Waals surface area contributed by atoms with E-state index < -0.39 is 0 Å². The molecule has 0 fully saturated rings. The van der Waals surface area contributed by atoms with Gasteiger partial charge in [-0.3, -0.25) is 9.59 Å². The molecule has 3 aromatic carbocycles. The van der Waals surface area contributed by atoms with Crippen molar-refractivity contribution in [3.63, 3.8) is 0 Å². The second-order valence-electron chi connectivity index (χ2n) is 7.28. The van der Waals surface area contributed by atoms with Crippen molar-refractivity contribution >= 4 is 35.0 Å². The Kier molecular flexibility index (Phi) is 7.36. The predicted molar refractivity (Wildman–Crippen MR) is 127 cm³/mol. The summed E-state index contributed by atoms with van der Waals surface area (Å²) >= 11 is 1.47. The molecule has 0 aliphatic heterocycles. The average Bonchev–Trinajstić information content (AvgIpc) is 2.77. The molecule has 0 saturated carbocycles. The third-order valence-corrected chi connectivity index (χ3v) is 5.89. The minimum Gasteiger partial charge on any atom is -0.497 e. The number of carbonyl (C=O) groups is 2. The monoisotopic (exact) mass is 434 g/mol. The maximum Gasteiger partial charge on any atom is 0.255 e. The highest BCUT2D eigenvalue weighted by molar-refractivity contribution is 8.00. The van der Waals surface area contributed by atoms with Gasteiger partial charge in [-0.15, -0.1) is 11.8 Å². The van der Waals surface area contributed by atoms with Crippen molar-refractivity contribution in [2.45, 2.75) is 30.9 Å². The Labute approximate surface area is 187 Å². The summed E-state index contributed by atoms with van der Waals surface area (Å²) < 4.78 is 5.16. The van der Waals surface area contributed by atoms with Gasteiger partial charge in [-0.2, -0.15) is 0 Å². The maximum absolute atomic E-state index is 12.6. The van der Waals surface area contributed by atoms with Gasteiger partial charge in [0.2, 0.25) is 5.91 Å². The maximum atomic E-state index is 12.6. The first-order valence-corrected chi connectivity index (χ1v) is 10.8. The van der Waals surface area contributed by atoms with Crippen LogP contribution in [0.5, 0.6) is 5.75 Å². The van der Waals surface area contributed by atoms with E-state index in [4.69, 9.17) is 4.74 Å². The van der Waals surface area contributed by atoms with Gasteiger partial charge in [-0.05, 0) is 80.4 Å². The predicted octanol–water partition coefficient (Wildman–Crippen LogP) is 5.68. The normalized spacial score (nSPS) is 11.5. The topological polar surface area (TPSA) is 67.4 Å². The minimum atomic E-state index is -0.267. The summed E-state index contributed by atoms with van der Waals surface area (Å²) in [7, 11) is 1.57. The van der Waals surface area contributed by atoms with E-state index in [1.54, 1.807) is 31.4 Å². The van der Waals surface area contributed by atoms with Crippen molar-refractivity contribution in [2.75, 3.05) is 17.7 Å². The zero-order valence-electron chi connectivity index (χ0n) is 18.1. The summed E-state index contributed by atoms with van der Waals surface area (Å²) in [5, 5.41) is 5.62. The second kappa shape index (κ2) is 10.2. The highest BCUT2D eigenvalue weighted by atomic mass is 32.2. The van der Waals surface area contributed by atoms with Crippen LogP contribution in [0.15, 0.2) is 71.6 Å². The van der Waals surface area contributed by atoms with Crippen LogP contribution in [0.1, 0.15) is 28.4 Å². The molecule has 0 bridgehead atoms. The molecule has 0 spiro atoms. The molecule has 0 radical (unpaired) electrons. The largest absolute Gasteiger partial charge is 0.497 e. The number of carbonyl (C=O) groups excluding carboxylic acids is 2. The SMILES string of the molecule is COc1cccc(C(=O)Nc2ccc(SC(C)C(=O)Nc3cc(C)ccc3C)cc2)c1. The van der Waals surface area contributed by atoms with E-state index >= 15 is 0 Å². The van der Waals surface area contributed by atoms with Gasteiger partial charge in [-0.1, -0.05) is 18.2 Å². The standard InChI is InChI=1S/C25H26N2O3S/c1-16-8-9-17(2)23(14-16)27-24(28)18(3)31-22-12-10-20(11-13-22)26-25(29)19-6-5-7-21(15-19)30-4/h5-15,18H,1-4H3,(H,26,29)(H,27,28). The number of anilines is 2. The fraction of sp³-hybridized carbons (Fsp3) is 0.200.